The third kappa shape index (κ3) is 5.12. The molecule has 2 unspecified atom stereocenters. The Morgan fingerprint density at radius 3 is 2.16 bits per heavy atom. The summed E-state index contributed by atoms with van der Waals surface area (Å²) < 4.78 is 108. The molecule has 2 heterocycles. The van der Waals surface area contributed by atoms with Crippen LogP contribution in [0.3, 0.4) is 0 Å². The summed E-state index contributed by atoms with van der Waals surface area (Å²) >= 11 is -0.00165. The lowest BCUT2D eigenvalue weighted by Gasteiger charge is -2.40. The molecular weight excluding hydrogens is 554 g/mol. The van der Waals surface area contributed by atoms with Crippen LogP contribution in [0, 0.1) is 0 Å². The summed E-state index contributed by atoms with van der Waals surface area (Å²) in [5, 5.41) is 9.92. The molecule has 1 aromatic heterocycles. The number of benzene rings is 1. The third-order valence-corrected chi connectivity index (χ3v) is 9.44. The van der Waals surface area contributed by atoms with Crippen molar-refractivity contribution in [3.8, 4) is 0 Å². The lowest BCUT2D eigenvalue weighted by atomic mass is 10.0. The average Bonchev–Trinajstić information content (AvgIpc) is 3.27. The van der Waals surface area contributed by atoms with E-state index in [-0.39, 0.29) is 42.2 Å². The molecule has 0 spiro atoms. The maximum atomic E-state index is 13.7. The number of carbonyl (C=O) groups is 2. The number of anilines is 1. The number of primary amides is 2. The van der Waals surface area contributed by atoms with E-state index in [1.807, 2.05) is 0 Å². The van der Waals surface area contributed by atoms with E-state index in [4.69, 9.17) is 11.5 Å². The highest BCUT2D eigenvalue weighted by atomic mass is 32.2. The first-order valence-electron chi connectivity index (χ1n) is 10.3. The summed E-state index contributed by atoms with van der Waals surface area (Å²) in [7, 11) is -4.47. The molecule has 17 heteroatoms. The molecule has 37 heavy (non-hydrogen) atoms. The Morgan fingerprint density at radius 1 is 1.05 bits per heavy atom. The van der Waals surface area contributed by atoms with Crippen molar-refractivity contribution in [3.05, 3.63) is 46.3 Å². The first kappa shape index (κ1) is 28.7. The number of amides is 2. The Labute approximate surface area is 210 Å². The topological polar surface area (TPSA) is 147 Å². The summed E-state index contributed by atoms with van der Waals surface area (Å²) in [6.45, 7) is 0.586. The minimum absolute atomic E-state index is 0.00165. The molecule has 1 aliphatic heterocycles. The zero-order chi connectivity index (χ0) is 28.1. The molecule has 2 amide bonds. The molecule has 1 aromatic carbocycles. The first-order valence-corrected chi connectivity index (χ1v) is 12.5. The quantitative estimate of drug-likeness (QED) is 0.450. The minimum atomic E-state index is -5.52. The van der Waals surface area contributed by atoms with Gasteiger partial charge in [0, 0.05) is 36.9 Å². The fourth-order valence-corrected chi connectivity index (χ4v) is 7.04. The Balaban J connectivity index is 1.90. The zero-order valence-electron chi connectivity index (χ0n) is 18.8. The molecule has 0 aliphatic carbocycles. The van der Waals surface area contributed by atoms with Gasteiger partial charge in [-0.05, 0) is 37.3 Å². The number of piperazine rings is 1. The monoisotopic (exact) mass is 574 g/mol. The normalized spacial score (nSPS) is 19.5. The Bertz CT molecular complexity index is 1330. The van der Waals surface area contributed by atoms with Gasteiger partial charge in [0.05, 0.1) is 10.4 Å². The zero-order valence-corrected chi connectivity index (χ0v) is 20.4. The molecule has 1 aliphatic rings. The molecular formula is C20H20F6N4O5S2. The predicted octanol–water partition coefficient (Wildman–Crippen LogP) is 2.00. The smallest absolute Gasteiger partial charge is 0.368 e. The number of thiophene rings is 1. The number of hydrogen-bond acceptors (Lipinski definition) is 7. The van der Waals surface area contributed by atoms with Gasteiger partial charge in [0.2, 0.25) is 5.91 Å². The van der Waals surface area contributed by atoms with E-state index in [0.717, 1.165) is 22.5 Å². The Hall–Kier alpha value is -2.89. The van der Waals surface area contributed by atoms with E-state index in [1.54, 1.807) is 0 Å². The summed E-state index contributed by atoms with van der Waals surface area (Å²) in [5.74, 6) is -3.21. The third-order valence-electron chi connectivity index (χ3n) is 5.76. The molecule has 2 atom stereocenters. The van der Waals surface area contributed by atoms with Crippen LogP contribution in [0.2, 0.25) is 0 Å². The van der Waals surface area contributed by atoms with Gasteiger partial charge in [-0.15, -0.1) is 11.3 Å². The largest absolute Gasteiger partial charge is 0.431 e. The van der Waals surface area contributed by atoms with Crippen molar-refractivity contribution in [1.29, 1.82) is 0 Å². The Morgan fingerprint density at radius 2 is 1.68 bits per heavy atom. The summed E-state index contributed by atoms with van der Waals surface area (Å²) in [4.78, 5) is 22.9. The fraction of sp³-hybridized carbons (Fsp3) is 0.400. The molecule has 9 nitrogen and oxygen atoms in total. The van der Waals surface area contributed by atoms with Crippen molar-refractivity contribution < 1.29 is 49.5 Å². The summed E-state index contributed by atoms with van der Waals surface area (Å²) in [6.07, 6.45) is -10.4. The molecule has 5 N–H and O–H groups in total. The van der Waals surface area contributed by atoms with Crippen LogP contribution in [-0.4, -0.2) is 61.5 Å². The molecule has 0 radical (unpaired) electrons. The SMILES string of the molecule is CC1CN(c2ccc(C(N)=O)cc2C(F)(F)F)CCN1S(=O)(=O)c1ccc(C(O)(C(N)=O)C(F)(F)F)s1. The average molecular weight is 575 g/mol. The van der Waals surface area contributed by atoms with Crippen LogP contribution in [0.5, 0.6) is 0 Å². The van der Waals surface area contributed by atoms with Crippen molar-refractivity contribution >= 4 is 38.9 Å². The van der Waals surface area contributed by atoms with Crippen molar-refractivity contribution in [2.24, 2.45) is 11.5 Å². The minimum Gasteiger partial charge on any atom is -0.368 e. The maximum absolute atomic E-state index is 13.7. The van der Waals surface area contributed by atoms with Gasteiger partial charge in [-0.3, -0.25) is 9.59 Å². The van der Waals surface area contributed by atoms with E-state index >= 15 is 0 Å². The molecule has 204 valence electrons. The highest BCUT2D eigenvalue weighted by Gasteiger charge is 2.61. The number of sulfonamides is 1. The fourth-order valence-electron chi connectivity index (χ4n) is 3.88. The van der Waals surface area contributed by atoms with Gasteiger partial charge in [-0.1, -0.05) is 0 Å². The van der Waals surface area contributed by atoms with Crippen LogP contribution < -0.4 is 16.4 Å². The lowest BCUT2D eigenvalue weighted by Crippen LogP contribution is -2.54. The van der Waals surface area contributed by atoms with Crippen molar-refractivity contribution in [1.82, 2.24) is 4.31 Å². The maximum Gasteiger partial charge on any atom is 0.431 e. The van der Waals surface area contributed by atoms with Crippen LogP contribution in [0.15, 0.2) is 34.5 Å². The number of halogens is 6. The van der Waals surface area contributed by atoms with Crippen LogP contribution in [0.4, 0.5) is 32.0 Å². The van der Waals surface area contributed by atoms with Crippen LogP contribution in [-0.2, 0) is 26.6 Å². The van der Waals surface area contributed by atoms with Crippen molar-refractivity contribution in [2.45, 2.75) is 35.1 Å². The second-order valence-electron chi connectivity index (χ2n) is 8.20. The molecule has 2 aromatic rings. The van der Waals surface area contributed by atoms with Crippen LogP contribution >= 0.6 is 11.3 Å². The van der Waals surface area contributed by atoms with Crippen LogP contribution in [0.25, 0.3) is 0 Å². The second-order valence-corrected chi connectivity index (χ2v) is 11.4. The number of nitrogens with zero attached hydrogens (tertiary/aromatic N) is 2. The summed E-state index contributed by atoms with van der Waals surface area (Å²) in [6, 6.07) is 3.20. The summed E-state index contributed by atoms with van der Waals surface area (Å²) in [5.41, 5.74) is 3.88. The highest BCUT2D eigenvalue weighted by molar-refractivity contribution is 7.91. The van der Waals surface area contributed by atoms with Crippen molar-refractivity contribution in [3.63, 3.8) is 0 Å². The number of alkyl halides is 6. The second kappa shape index (κ2) is 9.45. The predicted molar refractivity (Wildman–Crippen MR) is 119 cm³/mol. The van der Waals surface area contributed by atoms with Crippen molar-refractivity contribution in [2.75, 3.05) is 24.5 Å². The van der Waals surface area contributed by atoms with E-state index in [2.05, 4.69) is 0 Å². The lowest BCUT2D eigenvalue weighted by molar-refractivity contribution is -0.254. The molecule has 0 saturated carbocycles. The van der Waals surface area contributed by atoms with Gasteiger partial charge in [0.15, 0.2) is 0 Å². The number of nitrogens with two attached hydrogens (primary N) is 2. The number of rotatable bonds is 6. The number of aliphatic hydroxyl groups is 1. The number of hydrogen-bond donors (Lipinski definition) is 3. The Kier molecular flexibility index (Phi) is 7.32. The van der Waals surface area contributed by atoms with Gasteiger partial charge < -0.3 is 21.5 Å². The molecule has 1 saturated heterocycles. The van der Waals surface area contributed by atoms with Gasteiger partial charge in [0.25, 0.3) is 21.5 Å². The first-order chi connectivity index (χ1) is 16.8. The van der Waals surface area contributed by atoms with E-state index in [9.17, 15) is 49.5 Å². The number of carbonyl (C=O) groups excluding carboxylic acids is 2. The standard InChI is InChI=1S/C20H20F6N4O5S2/c1-10-9-29(13-3-2-11(16(27)31)8-12(13)19(21,22)23)6-7-30(10)37(34,35)15-5-4-14(36-15)18(33,17(28)32)20(24,25)26/h2-5,8,10,33H,6-7,9H2,1H3,(H2,27,31)(H2,28,32). The van der Waals surface area contributed by atoms with Gasteiger partial charge in [-0.2, -0.15) is 30.6 Å². The van der Waals surface area contributed by atoms with Gasteiger partial charge in [0.1, 0.15) is 4.21 Å². The van der Waals surface area contributed by atoms with E-state index in [1.165, 1.54) is 11.8 Å². The molecule has 3 rings (SSSR count). The van der Waals surface area contributed by atoms with Crippen LogP contribution in [0.1, 0.15) is 27.7 Å². The van der Waals surface area contributed by atoms with E-state index in [0.29, 0.717) is 12.1 Å². The molecule has 0 bridgehead atoms. The highest BCUT2D eigenvalue weighted by Crippen LogP contribution is 2.43. The van der Waals surface area contributed by atoms with Gasteiger partial charge >= 0.3 is 12.4 Å². The van der Waals surface area contributed by atoms with E-state index < -0.39 is 60.5 Å². The van der Waals surface area contributed by atoms with Gasteiger partial charge in [-0.25, -0.2) is 8.42 Å². The molecule has 1 fully saturated rings.